The van der Waals surface area contributed by atoms with Crippen LogP contribution in [0.2, 0.25) is 0 Å². The van der Waals surface area contributed by atoms with Gasteiger partial charge in [-0.2, -0.15) is 0 Å². The van der Waals surface area contributed by atoms with Crippen molar-refractivity contribution in [3.8, 4) is 0 Å². The molecule has 0 amide bonds. The Bertz CT molecular complexity index is 114. The number of methoxy groups -OCH3 is 1. The van der Waals surface area contributed by atoms with Crippen LogP contribution in [0.3, 0.4) is 0 Å². The first kappa shape index (κ1) is 15.9. The molecule has 0 aromatic rings. The predicted octanol–water partition coefficient (Wildman–Crippen LogP) is 2.08. The van der Waals surface area contributed by atoms with Gasteiger partial charge >= 0.3 is 0 Å². The highest BCUT2D eigenvalue weighted by Crippen LogP contribution is 2.02. The number of hydrogen-bond acceptors (Lipinski definition) is 3. The summed E-state index contributed by atoms with van der Waals surface area (Å²) in [5.74, 6) is 0. The van der Waals surface area contributed by atoms with Gasteiger partial charge in [-0.3, -0.25) is 0 Å². The van der Waals surface area contributed by atoms with E-state index in [0.29, 0.717) is 0 Å². The molecule has 98 valence electrons. The first-order valence-electron chi connectivity index (χ1n) is 6.56. The number of ether oxygens (including phenoxy) is 1. The first-order valence-corrected chi connectivity index (χ1v) is 6.56. The molecule has 1 aliphatic rings. The molecule has 0 aromatic carbocycles. The zero-order valence-electron chi connectivity index (χ0n) is 11.7. The Morgan fingerprint density at radius 3 is 1.25 bits per heavy atom. The van der Waals surface area contributed by atoms with E-state index in [1.165, 1.54) is 51.9 Å². The van der Waals surface area contributed by atoms with Gasteiger partial charge < -0.3 is 14.5 Å². The van der Waals surface area contributed by atoms with E-state index in [0.717, 1.165) is 6.61 Å². The summed E-state index contributed by atoms with van der Waals surface area (Å²) in [6, 6.07) is 0. The third-order valence-electron chi connectivity index (χ3n) is 2.95. The van der Waals surface area contributed by atoms with Gasteiger partial charge in [-0.15, -0.1) is 0 Å². The number of rotatable bonds is 1. The van der Waals surface area contributed by atoms with E-state index in [1.54, 1.807) is 7.11 Å². The fourth-order valence-electron chi connectivity index (χ4n) is 1.75. The van der Waals surface area contributed by atoms with Gasteiger partial charge in [0.15, 0.2) is 0 Å². The lowest BCUT2D eigenvalue weighted by molar-refractivity contribution is 0.215. The van der Waals surface area contributed by atoms with Crippen LogP contribution in [0.4, 0.5) is 0 Å². The summed E-state index contributed by atoms with van der Waals surface area (Å²) in [4.78, 5) is 4.93. The van der Waals surface area contributed by atoms with Gasteiger partial charge in [-0.25, -0.2) is 0 Å². The van der Waals surface area contributed by atoms with Crippen molar-refractivity contribution in [2.75, 3.05) is 54.0 Å². The molecule has 3 nitrogen and oxygen atoms in total. The third kappa shape index (κ3) is 10.4. The zero-order valence-corrected chi connectivity index (χ0v) is 11.7. The van der Waals surface area contributed by atoms with Crippen LogP contribution in [-0.2, 0) is 4.74 Å². The van der Waals surface area contributed by atoms with Crippen molar-refractivity contribution in [3.63, 3.8) is 0 Å². The highest BCUT2D eigenvalue weighted by Gasteiger charge is 2.03. The van der Waals surface area contributed by atoms with Crippen LogP contribution in [-0.4, -0.2) is 63.8 Å². The third-order valence-corrected chi connectivity index (χ3v) is 2.95. The van der Waals surface area contributed by atoms with E-state index in [9.17, 15) is 0 Å². The Hall–Kier alpha value is -0.120. The maximum atomic E-state index is 4.54. The van der Waals surface area contributed by atoms with Crippen LogP contribution in [0.25, 0.3) is 0 Å². The van der Waals surface area contributed by atoms with Gasteiger partial charge in [0.2, 0.25) is 0 Å². The van der Waals surface area contributed by atoms with E-state index >= 15 is 0 Å². The van der Waals surface area contributed by atoms with Crippen LogP contribution < -0.4 is 0 Å². The predicted molar refractivity (Wildman–Crippen MR) is 71.0 cm³/mol. The summed E-state index contributed by atoms with van der Waals surface area (Å²) < 4.78 is 4.54. The first-order chi connectivity index (χ1) is 7.70. The molecule has 0 unspecified atom stereocenters. The minimum Gasteiger partial charge on any atom is -0.385 e. The van der Waals surface area contributed by atoms with E-state index in [2.05, 4.69) is 28.6 Å². The topological polar surface area (TPSA) is 15.7 Å². The summed E-state index contributed by atoms with van der Waals surface area (Å²) in [7, 11) is 6.16. The summed E-state index contributed by atoms with van der Waals surface area (Å²) in [5, 5.41) is 0. The Morgan fingerprint density at radius 2 is 1.06 bits per heavy atom. The standard InChI is InChI=1S/C10H22N2.C3H8O/c1-11-7-3-5-9-12(2)10-6-4-8-11;1-3-4-2/h3-10H2,1-2H3;3H2,1-2H3. The quantitative estimate of drug-likeness (QED) is 0.686. The SMILES string of the molecule is CCOC.CN1CCCCN(C)CCCC1. The van der Waals surface area contributed by atoms with Crippen molar-refractivity contribution in [1.82, 2.24) is 9.80 Å². The van der Waals surface area contributed by atoms with Gasteiger partial charge in [-0.1, -0.05) is 0 Å². The van der Waals surface area contributed by atoms with E-state index in [4.69, 9.17) is 0 Å². The fraction of sp³-hybridized carbons (Fsp3) is 1.00. The molecule has 1 saturated heterocycles. The van der Waals surface area contributed by atoms with Crippen molar-refractivity contribution in [2.24, 2.45) is 0 Å². The Labute approximate surface area is 102 Å². The van der Waals surface area contributed by atoms with Gasteiger partial charge in [0.05, 0.1) is 0 Å². The average molecular weight is 230 g/mol. The monoisotopic (exact) mass is 230 g/mol. The lowest BCUT2D eigenvalue weighted by Gasteiger charge is -2.22. The largest absolute Gasteiger partial charge is 0.385 e. The minimum atomic E-state index is 0.819. The Morgan fingerprint density at radius 1 is 0.812 bits per heavy atom. The lowest BCUT2D eigenvalue weighted by atomic mass is 10.2. The molecule has 3 heteroatoms. The maximum Gasteiger partial charge on any atom is 0.0433 e. The van der Waals surface area contributed by atoms with Crippen LogP contribution in [0.5, 0.6) is 0 Å². The smallest absolute Gasteiger partial charge is 0.0433 e. The van der Waals surface area contributed by atoms with Gasteiger partial charge in [0.1, 0.15) is 0 Å². The molecule has 1 rings (SSSR count). The average Bonchev–Trinajstić information content (AvgIpc) is 2.30. The van der Waals surface area contributed by atoms with Crippen molar-refractivity contribution < 1.29 is 4.74 Å². The molecule has 0 radical (unpaired) electrons. The second kappa shape index (κ2) is 11.4. The Kier molecular flexibility index (Phi) is 11.3. The van der Waals surface area contributed by atoms with Crippen LogP contribution in [0.1, 0.15) is 32.6 Å². The highest BCUT2D eigenvalue weighted by molar-refractivity contribution is 4.59. The normalized spacial score (nSPS) is 21.0. The maximum absolute atomic E-state index is 4.54. The van der Waals surface area contributed by atoms with Crippen molar-refractivity contribution in [1.29, 1.82) is 0 Å². The molecular weight excluding hydrogens is 200 g/mol. The second-order valence-corrected chi connectivity index (χ2v) is 4.60. The number of hydrogen-bond donors (Lipinski definition) is 0. The van der Waals surface area contributed by atoms with Crippen LogP contribution in [0.15, 0.2) is 0 Å². The molecular formula is C13H30N2O. The van der Waals surface area contributed by atoms with E-state index in [-0.39, 0.29) is 0 Å². The Balaban J connectivity index is 0.000000487. The summed E-state index contributed by atoms with van der Waals surface area (Å²) in [5.41, 5.74) is 0. The summed E-state index contributed by atoms with van der Waals surface area (Å²) in [6.45, 7) is 7.92. The van der Waals surface area contributed by atoms with Crippen LogP contribution in [0, 0.1) is 0 Å². The molecule has 1 heterocycles. The molecule has 0 bridgehead atoms. The second-order valence-electron chi connectivity index (χ2n) is 4.60. The molecule has 0 aromatic heterocycles. The molecule has 1 fully saturated rings. The molecule has 1 aliphatic heterocycles. The summed E-state index contributed by atoms with van der Waals surface area (Å²) in [6.07, 6.45) is 5.45. The molecule has 0 spiro atoms. The van der Waals surface area contributed by atoms with Gasteiger partial charge in [0.25, 0.3) is 0 Å². The molecule has 16 heavy (non-hydrogen) atoms. The highest BCUT2D eigenvalue weighted by atomic mass is 16.5. The minimum absolute atomic E-state index is 0.819. The number of nitrogens with zero attached hydrogens (tertiary/aromatic N) is 2. The molecule has 0 N–H and O–H groups in total. The van der Waals surface area contributed by atoms with E-state index in [1.807, 2.05) is 6.92 Å². The molecule has 0 aliphatic carbocycles. The van der Waals surface area contributed by atoms with Crippen molar-refractivity contribution in [2.45, 2.75) is 32.6 Å². The fourth-order valence-corrected chi connectivity index (χ4v) is 1.75. The van der Waals surface area contributed by atoms with Crippen molar-refractivity contribution in [3.05, 3.63) is 0 Å². The summed E-state index contributed by atoms with van der Waals surface area (Å²) >= 11 is 0. The lowest BCUT2D eigenvalue weighted by Crippen LogP contribution is -2.27. The van der Waals surface area contributed by atoms with Crippen molar-refractivity contribution >= 4 is 0 Å². The van der Waals surface area contributed by atoms with Gasteiger partial charge in [-0.05, 0) is 72.9 Å². The van der Waals surface area contributed by atoms with Crippen LogP contribution >= 0.6 is 0 Å². The zero-order chi connectivity index (χ0) is 12.2. The molecule has 0 atom stereocenters. The van der Waals surface area contributed by atoms with Gasteiger partial charge in [0, 0.05) is 13.7 Å². The molecule has 0 saturated carbocycles. The van der Waals surface area contributed by atoms with E-state index < -0.39 is 0 Å².